The van der Waals surface area contributed by atoms with Gasteiger partial charge in [-0.15, -0.1) is 0 Å². The molecular weight excluding hydrogens is 496 g/mol. The summed E-state index contributed by atoms with van der Waals surface area (Å²) in [7, 11) is -2.85. The molecule has 37 heavy (non-hydrogen) atoms. The van der Waals surface area contributed by atoms with Crippen LogP contribution in [0, 0.1) is 17.0 Å². The van der Waals surface area contributed by atoms with Crippen LogP contribution < -0.4 is 9.62 Å². The van der Waals surface area contributed by atoms with Gasteiger partial charge in [-0.1, -0.05) is 54.1 Å². The predicted molar refractivity (Wildman–Crippen MR) is 139 cm³/mol. The van der Waals surface area contributed by atoms with Crippen molar-refractivity contribution in [1.82, 2.24) is 10.2 Å². The molecule has 2 amide bonds. The molecule has 0 unspecified atom stereocenters. The van der Waals surface area contributed by atoms with Gasteiger partial charge in [-0.3, -0.25) is 24.0 Å². The average Bonchev–Trinajstić information content (AvgIpc) is 2.90. The van der Waals surface area contributed by atoms with E-state index in [0.29, 0.717) is 0 Å². The number of anilines is 1. The Balaban J connectivity index is 2.06. The molecule has 0 aromatic heterocycles. The number of amides is 2. The predicted octanol–water partition coefficient (Wildman–Crippen LogP) is 3.26. The largest absolute Gasteiger partial charge is 0.357 e. The van der Waals surface area contributed by atoms with E-state index < -0.39 is 39.3 Å². The molecule has 0 saturated carbocycles. The van der Waals surface area contributed by atoms with Crippen LogP contribution in [0.1, 0.15) is 18.1 Å². The van der Waals surface area contributed by atoms with E-state index in [1.54, 1.807) is 13.0 Å². The van der Waals surface area contributed by atoms with Gasteiger partial charge in [0.05, 0.1) is 15.5 Å². The maximum Gasteiger partial charge on any atom is 0.271 e. The monoisotopic (exact) mass is 524 g/mol. The maximum absolute atomic E-state index is 13.7. The Morgan fingerprint density at radius 2 is 1.65 bits per heavy atom. The molecule has 3 aromatic carbocycles. The number of nitrogens with one attached hydrogen (secondary N) is 1. The van der Waals surface area contributed by atoms with Crippen LogP contribution in [0.15, 0.2) is 83.8 Å². The fourth-order valence-corrected chi connectivity index (χ4v) is 5.12. The van der Waals surface area contributed by atoms with Crippen molar-refractivity contribution in [3.8, 4) is 0 Å². The van der Waals surface area contributed by atoms with Gasteiger partial charge in [-0.25, -0.2) is 8.42 Å². The second kappa shape index (κ2) is 11.7. The average molecular weight is 525 g/mol. The molecule has 0 heterocycles. The number of hydrogen-bond donors (Lipinski definition) is 1. The third-order valence-electron chi connectivity index (χ3n) is 5.83. The third kappa shape index (κ3) is 6.50. The molecule has 0 aliphatic rings. The lowest BCUT2D eigenvalue weighted by Crippen LogP contribution is -2.50. The minimum atomic E-state index is -4.29. The fraction of sp³-hybridized carbons (Fsp3) is 0.231. The number of nitro benzene ring substituents is 1. The summed E-state index contributed by atoms with van der Waals surface area (Å²) in [5.41, 5.74) is 1.40. The van der Waals surface area contributed by atoms with Crippen LogP contribution >= 0.6 is 0 Å². The van der Waals surface area contributed by atoms with E-state index >= 15 is 0 Å². The quantitative estimate of drug-likeness (QED) is 0.320. The van der Waals surface area contributed by atoms with Crippen molar-refractivity contribution in [2.45, 2.75) is 31.3 Å². The van der Waals surface area contributed by atoms with Crippen molar-refractivity contribution in [3.63, 3.8) is 0 Å². The maximum atomic E-state index is 13.7. The topological polar surface area (TPSA) is 130 Å². The third-order valence-corrected chi connectivity index (χ3v) is 7.61. The normalized spacial score (nSPS) is 11.9. The molecule has 0 fully saturated rings. The number of benzene rings is 3. The van der Waals surface area contributed by atoms with Crippen LogP contribution in [0.4, 0.5) is 11.4 Å². The molecule has 0 aliphatic heterocycles. The van der Waals surface area contributed by atoms with Gasteiger partial charge in [0.2, 0.25) is 11.8 Å². The molecule has 0 spiro atoms. The van der Waals surface area contributed by atoms with Gasteiger partial charge >= 0.3 is 0 Å². The molecule has 0 aliphatic carbocycles. The van der Waals surface area contributed by atoms with E-state index in [-0.39, 0.29) is 22.8 Å². The second-order valence-corrected chi connectivity index (χ2v) is 10.3. The van der Waals surface area contributed by atoms with E-state index in [0.717, 1.165) is 21.5 Å². The Labute approximate surface area is 215 Å². The van der Waals surface area contributed by atoms with Crippen LogP contribution in [0.2, 0.25) is 0 Å². The van der Waals surface area contributed by atoms with E-state index in [1.807, 2.05) is 31.2 Å². The number of nitrogens with zero attached hydrogens (tertiary/aromatic N) is 3. The van der Waals surface area contributed by atoms with Gasteiger partial charge in [0.25, 0.3) is 15.7 Å². The lowest BCUT2D eigenvalue weighted by atomic mass is 10.1. The Hall–Kier alpha value is -4.25. The minimum absolute atomic E-state index is 0.0470. The Morgan fingerprint density at radius 1 is 1.00 bits per heavy atom. The van der Waals surface area contributed by atoms with Gasteiger partial charge in [-0.2, -0.15) is 0 Å². The highest BCUT2D eigenvalue weighted by molar-refractivity contribution is 7.92. The highest BCUT2D eigenvalue weighted by Gasteiger charge is 2.32. The summed E-state index contributed by atoms with van der Waals surface area (Å²) in [6.07, 6.45) is 0. The molecule has 0 bridgehead atoms. The number of aryl methyl sites for hydroxylation is 1. The summed E-state index contributed by atoms with van der Waals surface area (Å²) in [5.74, 6) is -1.07. The first-order chi connectivity index (χ1) is 17.5. The van der Waals surface area contributed by atoms with Crippen molar-refractivity contribution in [1.29, 1.82) is 0 Å². The molecule has 1 atom stereocenters. The van der Waals surface area contributed by atoms with Crippen molar-refractivity contribution >= 4 is 33.2 Å². The number of non-ortho nitro benzene ring substituents is 1. The van der Waals surface area contributed by atoms with Crippen LogP contribution in [-0.2, 0) is 26.2 Å². The number of sulfonamides is 1. The second-order valence-electron chi connectivity index (χ2n) is 8.40. The molecule has 10 nitrogen and oxygen atoms in total. The van der Waals surface area contributed by atoms with Gasteiger partial charge in [0.1, 0.15) is 12.6 Å². The van der Waals surface area contributed by atoms with Crippen molar-refractivity contribution in [2.75, 3.05) is 17.9 Å². The lowest BCUT2D eigenvalue weighted by molar-refractivity contribution is -0.384. The van der Waals surface area contributed by atoms with E-state index in [9.17, 15) is 28.1 Å². The smallest absolute Gasteiger partial charge is 0.271 e. The highest BCUT2D eigenvalue weighted by Crippen LogP contribution is 2.27. The van der Waals surface area contributed by atoms with Crippen molar-refractivity contribution < 1.29 is 22.9 Å². The van der Waals surface area contributed by atoms with E-state index in [4.69, 9.17) is 0 Å². The van der Waals surface area contributed by atoms with Crippen LogP contribution in [-0.4, -0.2) is 49.7 Å². The first kappa shape index (κ1) is 27.3. The zero-order chi connectivity index (χ0) is 27.2. The van der Waals surface area contributed by atoms with Gasteiger partial charge in [-0.05, 0) is 37.6 Å². The fourth-order valence-electron chi connectivity index (χ4n) is 3.69. The standard InChI is InChI=1S/C26H28N4O6S/c1-19-12-14-21(15-13-19)17-28(20(2)26(32)27-3)25(31)18-29(22-8-7-9-23(16-22)30(33)34)37(35,36)24-10-5-4-6-11-24/h4-16,20H,17-18H2,1-3H3,(H,27,32)/t20-/m0/s1. The molecule has 194 valence electrons. The number of carbonyl (C=O) groups excluding carboxylic acids is 2. The zero-order valence-electron chi connectivity index (χ0n) is 20.7. The van der Waals surface area contributed by atoms with Crippen molar-refractivity contribution in [2.24, 2.45) is 0 Å². The Morgan fingerprint density at radius 3 is 2.24 bits per heavy atom. The summed E-state index contributed by atoms with van der Waals surface area (Å²) in [6.45, 7) is 2.85. The first-order valence-electron chi connectivity index (χ1n) is 11.4. The SMILES string of the molecule is CNC(=O)[C@H](C)N(Cc1ccc(C)cc1)C(=O)CN(c1cccc([N+](=O)[O-])c1)S(=O)(=O)c1ccccc1. The highest BCUT2D eigenvalue weighted by atomic mass is 32.2. The van der Waals surface area contributed by atoms with Gasteiger partial charge in [0, 0.05) is 25.7 Å². The summed E-state index contributed by atoms with van der Waals surface area (Å²) in [5, 5.41) is 13.9. The van der Waals surface area contributed by atoms with Gasteiger partial charge in [0.15, 0.2) is 0 Å². The summed E-state index contributed by atoms with van der Waals surface area (Å²) in [4.78, 5) is 38.1. The molecule has 11 heteroatoms. The number of rotatable bonds is 10. The first-order valence-corrected chi connectivity index (χ1v) is 12.9. The zero-order valence-corrected chi connectivity index (χ0v) is 21.5. The van der Waals surface area contributed by atoms with Gasteiger partial charge < -0.3 is 10.2 Å². The molecule has 1 N–H and O–H groups in total. The molecule has 3 aromatic rings. The number of hydrogen-bond acceptors (Lipinski definition) is 6. The molecule has 0 radical (unpaired) electrons. The van der Waals surface area contributed by atoms with E-state index in [1.165, 1.54) is 54.4 Å². The number of nitro groups is 1. The number of likely N-dealkylation sites (N-methyl/N-ethyl adjacent to an activating group) is 1. The minimum Gasteiger partial charge on any atom is -0.357 e. The van der Waals surface area contributed by atoms with Crippen molar-refractivity contribution in [3.05, 3.63) is 100 Å². The Kier molecular flexibility index (Phi) is 8.61. The summed E-state index contributed by atoms with van der Waals surface area (Å²) < 4.78 is 28.1. The van der Waals surface area contributed by atoms with Crippen LogP contribution in [0.3, 0.4) is 0 Å². The molecule has 3 rings (SSSR count). The lowest BCUT2D eigenvalue weighted by Gasteiger charge is -2.31. The molecular formula is C26H28N4O6S. The molecule has 0 saturated heterocycles. The number of carbonyl (C=O) groups is 2. The Bertz CT molecular complexity index is 1380. The van der Waals surface area contributed by atoms with E-state index in [2.05, 4.69) is 5.32 Å². The van der Waals surface area contributed by atoms with Crippen LogP contribution in [0.25, 0.3) is 0 Å². The summed E-state index contributed by atoms with van der Waals surface area (Å²) >= 11 is 0. The van der Waals surface area contributed by atoms with Crippen LogP contribution in [0.5, 0.6) is 0 Å². The summed E-state index contributed by atoms with van der Waals surface area (Å²) in [6, 6.07) is 19.0.